The van der Waals surface area contributed by atoms with Crippen molar-refractivity contribution in [1.29, 1.82) is 0 Å². The van der Waals surface area contributed by atoms with Crippen LogP contribution in [0.3, 0.4) is 0 Å². The van der Waals surface area contributed by atoms with Crippen LogP contribution in [0.15, 0.2) is 34.7 Å². The van der Waals surface area contributed by atoms with Crippen molar-refractivity contribution in [3.63, 3.8) is 0 Å². The molecule has 2 heterocycles. The molecule has 128 valence electrons. The van der Waals surface area contributed by atoms with Crippen LogP contribution in [-0.2, 0) is 16.1 Å². The fraction of sp³-hybridized carbons (Fsp3) is 0.222. The number of ether oxygens (including phenoxy) is 2. The van der Waals surface area contributed by atoms with Gasteiger partial charge in [-0.2, -0.15) is 0 Å². The van der Waals surface area contributed by atoms with Gasteiger partial charge in [0.15, 0.2) is 0 Å². The van der Waals surface area contributed by atoms with Crippen molar-refractivity contribution < 1.29 is 23.5 Å². The van der Waals surface area contributed by atoms with Crippen LogP contribution in [0, 0.1) is 13.8 Å². The summed E-state index contributed by atoms with van der Waals surface area (Å²) in [6, 6.07) is 8.02. The second-order valence-electron chi connectivity index (χ2n) is 5.43. The fourth-order valence-corrected chi connectivity index (χ4v) is 2.24. The van der Waals surface area contributed by atoms with Gasteiger partial charge in [-0.25, -0.2) is 19.6 Å². The van der Waals surface area contributed by atoms with Gasteiger partial charge in [-0.05, 0) is 44.2 Å². The summed E-state index contributed by atoms with van der Waals surface area (Å²) < 4.78 is 15.0. The molecule has 0 saturated heterocycles. The summed E-state index contributed by atoms with van der Waals surface area (Å²) in [5.41, 5.74) is 3.37. The van der Waals surface area contributed by atoms with Gasteiger partial charge in [0.2, 0.25) is 5.76 Å². The van der Waals surface area contributed by atoms with Gasteiger partial charge in [0.05, 0.1) is 35.1 Å². The maximum Gasteiger partial charge on any atom is 0.373 e. The molecule has 0 spiro atoms. The van der Waals surface area contributed by atoms with Crippen molar-refractivity contribution in [1.82, 2.24) is 9.97 Å². The highest BCUT2D eigenvalue weighted by atomic mass is 16.5. The standard InChI is InChI=1S/C18H16N2O5/c1-10-11(2)20-15-8-12(4-6-14(15)19-10)17(21)24-9-13-5-7-16(25-13)18(22)23-3/h4-8H,9H2,1-3H3. The molecule has 0 aliphatic heterocycles. The Kier molecular flexibility index (Phi) is 4.47. The van der Waals surface area contributed by atoms with E-state index >= 15 is 0 Å². The van der Waals surface area contributed by atoms with Crippen molar-refractivity contribution >= 4 is 23.0 Å². The lowest BCUT2D eigenvalue weighted by Crippen LogP contribution is -2.05. The summed E-state index contributed by atoms with van der Waals surface area (Å²) in [7, 11) is 1.26. The maximum atomic E-state index is 12.2. The molecule has 25 heavy (non-hydrogen) atoms. The van der Waals surface area contributed by atoms with E-state index in [4.69, 9.17) is 9.15 Å². The lowest BCUT2D eigenvalue weighted by molar-refractivity contribution is 0.0438. The molecule has 7 nitrogen and oxygen atoms in total. The predicted molar refractivity (Wildman–Crippen MR) is 88.2 cm³/mol. The summed E-state index contributed by atoms with van der Waals surface area (Å²) in [6.07, 6.45) is 0. The van der Waals surface area contributed by atoms with Gasteiger partial charge < -0.3 is 13.9 Å². The summed E-state index contributed by atoms with van der Waals surface area (Å²) in [6.45, 7) is 3.66. The van der Waals surface area contributed by atoms with Crippen molar-refractivity contribution in [3.05, 3.63) is 58.8 Å². The van der Waals surface area contributed by atoms with Crippen LogP contribution in [0.5, 0.6) is 0 Å². The van der Waals surface area contributed by atoms with E-state index in [0.29, 0.717) is 22.4 Å². The van der Waals surface area contributed by atoms with Crippen LogP contribution >= 0.6 is 0 Å². The molecule has 3 aromatic rings. The number of nitrogens with zero attached hydrogens (tertiary/aromatic N) is 2. The van der Waals surface area contributed by atoms with Crippen LogP contribution < -0.4 is 0 Å². The molecular formula is C18H16N2O5. The fourth-order valence-electron chi connectivity index (χ4n) is 2.24. The number of furan rings is 1. The molecular weight excluding hydrogens is 324 g/mol. The predicted octanol–water partition coefficient (Wildman–Crippen LogP) is 2.98. The lowest BCUT2D eigenvalue weighted by Gasteiger charge is -2.06. The van der Waals surface area contributed by atoms with Crippen molar-refractivity contribution in [2.45, 2.75) is 20.5 Å². The number of benzene rings is 1. The third-order valence-electron chi connectivity index (χ3n) is 3.70. The van der Waals surface area contributed by atoms with E-state index in [0.717, 1.165) is 11.4 Å². The van der Waals surface area contributed by atoms with Crippen molar-refractivity contribution in [2.24, 2.45) is 0 Å². The number of aromatic nitrogens is 2. The minimum absolute atomic E-state index is 0.0559. The number of fused-ring (bicyclic) bond motifs is 1. The van der Waals surface area contributed by atoms with Gasteiger partial charge in [0, 0.05) is 0 Å². The van der Waals surface area contributed by atoms with Crippen LogP contribution in [0.2, 0.25) is 0 Å². The number of esters is 2. The van der Waals surface area contributed by atoms with Crippen LogP contribution in [0.25, 0.3) is 11.0 Å². The zero-order chi connectivity index (χ0) is 18.0. The maximum absolute atomic E-state index is 12.2. The SMILES string of the molecule is COC(=O)c1ccc(COC(=O)c2ccc3nc(C)c(C)nc3c2)o1. The minimum Gasteiger partial charge on any atom is -0.463 e. The number of carbonyl (C=O) groups is 2. The quantitative estimate of drug-likeness (QED) is 0.674. The Labute approximate surface area is 143 Å². The molecule has 0 unspecified atom stereocenters. The third kappa shape index (κ3) is 3.50. The number of rotatable bonds is 4. The van der Waals surface area contributed by atoms with Gasteiger partial charge in [0.1, 0.15) is 12.4 Å². The average Bonchev–Trinajstić information content (AvgIpc) is 3.08. The van der Waals surface area contributed by atoms with Crippen LogP contribution in [0.1, 0.15) is 38.1 Å². The average molecular weight is 340 g/mol. The van der Waals surface area contributed by atoms with Gasteiger partial charge >= 0.3 is 11.9 Å². The molecule has 0 radical (unpaired) electrons. The topological polar surface area (TPSA) is 91.5 Å². The molecule has 0 fully saturated rings. The third-order valence-corrected chi connectivity index (χ3v) is 3.70. The molecule has 1 aromatic carbocycles. The largest absolute Gasteiger partial charge is 0.463 e. The molecule has 3 rings (SSSR count). The monoisotopic (exact) mass is 340 g/mol. The highest BCUT2D eigenvalue weighted by Crippen LogP contribution is 2.16. The van der Waals surface area contributed by atoms with E-state index in [9.17, 15) is 9.59 Å². The van der Waals surface area contributed by atoms with Gasteiger partial charge in [-0.3, -0.25) is 0 Å². The molecule has 2 aromatic heterocycles. The van der Waals surface area contributed by atoms with E-state index < -0.39 is 11.9 Å². The molecule has 0 aliphatic carbocycles. The first-order valence-electron chi connectivity index (χ1n) is 7.57. The van der Waals surface area contributed by atoms with E-state index in [1.807, 2.05) is 13.8 Å². The smallest absolute Gasteiger partial charge is 0.373 e. The Morgan fingerprint density at radius 1 is 1.00 bits per heavy atom. The van der Waals surface area contributed by atoms with Gasteiger partial charge in [-0.1, -0.05) is 0 Å². The normalized spacial score (nSPS) is 10.7. The highest BCUT2D eigenvalue weighted by molar-refractivity contribution is 5.93. The first kappa shape index (κ1) is 16.6. The zero-order valence-electron chi connectivity index (χ0n) is 14.0. The minimum atomic E-state index is -0.587. The van der Waals surface area contributed by atoms with Crippen LogP contribution in [-0.4, -0.2) is 29.0 Å². The number of hydrogen-bond acceptors (Lipinski definition) is 7. The molecule has 7 heteroatoms. The highest BCUT2D eigenvalue weighted by Gasteiger charge is 2.14. The first-order chi connectivity index (χ1) is 12.0. The number of aryl methyl sites for hydroxylation is 2. The van der Waals surface area contributed by atoms with E-state index in [1.54, 1.807) is 24.3 Å². The van der Waals surface area contributed by atoms with Crippen LogP contribution in [0.4, 0.5) is 0 Å². The van der Waals surface area contributed by atoms with E-state index in [1.165, 1.54) is 13.2 Å². The van der Waals surface area contributed by atoms with E-state index in [2.05, 4.69) is 14.7 Å². The second-order valence-corrected chi connectivity index (χ2v) is 5.43. The Bertz CT molecular complexity index is 961. The zero-order valence-corrected chi connectivity index (χ0v) is 14.0. The Morgan fingerprint density at radius 2 is 1.72 bits per heavy atom. The van der Waals surface area contributed by atoms with E-state index in [-0.39, 0.29) is 12.4 Å². The molecule has 0 amide bonds. The molecule has 0 N–H and O–H groups in total. The Morgan fingerprint density at radius 3 is 2.44 bits per heavy atom. The number of carbonyl (C=O) groups excluding carboxylic acids is 2. The van der Waals surface area contributed by atoms with Crippen molar-refractivity contribution in [2.75, 3.05) is 7.11 Å². The Hall–Kier alpha value is -3.22. The second kappa shape index (κ2) is 6.72. The van der Waals surface area contributed by atoms with Gasteiger partial charge in [-0.15, -0.1) is 0 Å². The van der Waals surface area contributed by atoms with Gasteiger partial charge in [0.25, 0.3) is 0 Å². The molecule has 0 saturated carbocycles. The summed E-state index contributed by atoms with van der Waals surface area (Å²) in [5.74, 6) is -0.699. The molecule has 0 bridgehead atoms. The Balaban J connectivity index is 1.72. The summed E-state index contributed by atoms with van der Waals surface area (Å²) in [4.78, 5) is 32.4. The molecule has 0 aliphatic rings. The summed E-state index contributed by atoms with van der Waals surface area (Å²) in [5, 5.41) is 0. The number of hydrogen-bond donors (Lipinski definition) is 0. The number of methoxy groups -OCH3 is 1. The van der Waals surface area contributed by atoms with Crippen molar-refractivity contribution in [3.8, 4) is 0 Å². The lowest BCUT2D eigenvalue weighted by atomic mass is 10.2. The summed E-state index contributed by atoms with van der Waals surface area (Å²) >= 11 is 0. The molecule has 0 atom stereocenters. The first-order valence-corrected chi connectivity index (χ1v) is 7.57.